The number of nitrogens with one attached hydrogen (secondary N) is 1. The molecule has 3 rings (SSSR count). The molecule has 0 amide bonds. The molecule has 2 nitrogen and oxygen atoms in total. The van der Waals surface area contributed by atoms with Gasteiger partial charge in [0.25, 0.3) is 0 Å². The van der Waals surface area contributed by atoms with E-state index in [1.54, 1.807) is 0 Å². The molecule has 19 heavy (non-hydrogen) atoms. The second-order valence-electron chi connectivity index (χ2n) is 6.70. The molecule has 4 unspecified atom stereocenters. The zero-order chi connectivity index (χ0) is 13.2. The molecule has 2 aliphatic rings. The fourth-order valence-corrected chi connectivity index (χ4v) is 4.39. The van der Waals surface area contributed by atoms with E-state index in [0.717, 1.165) is 30.8 Å². The highest BCUT2D eigenvalue weighted by Gasteiger charge is 2.41. The molecule has 2 fully saturated rings. The first-order chi connectivity index (χ1) is 9.28. The average molecular weight is 260 g/mol. The molecule has 0 spiro atoms. The second-order valence-corrected chi connectivity index (χ2v) is 6.70. The molecular weight excluding hydrogens is 232 g/mol. The molecular formula is C17H28N2. The minimum atomic E-state index is 0.681. The Balaban J connectivity index is 1.52. The highest BCUT2D eigenvalue weighted by Crippen LogP contribution is 2.49. The lowest BCUT2D eigenvalue weighted by molar-refractivity contribution is 0.258. The summed E-state index contributed by atoms with van der Waals surface area (Å²) in [4.78, 5) is 0. The molecule has 0 aliphatic heterocycles. The van der Waals surface area contributed by atoms with Crippen molar-refractivity contribution in [2.75, 3.05) is 0 Å². The number of aromatic nitrogens is 1. The Morgan fingerprint density at radius 3 is 2.95 bits per heavy atom. The monoisotopic (exact) mass is 260 g/mol. The number of aryl methyl sites for hydroxylation is 1. The standard InChI is InChI=1S/C17H28N2/c1-3-8-19-9-4-5-16(19)12-18-13(2)17-11-14-6-7-15(17)10-14/h4-5,9,13-15,17-18H,3,6-8,10-12H2,1-2H3. The van der Waals surface area contributed by atoms with E-state index in [2.05, 4.69) is 42.1 Å². The first kappa shape index (κ1) is 13.2. The fourth-order valence-electron chi connectivity index (χ4n) is 4.39. The lowest BCUT2D eigenvalue weighted by Gasteiger charge is -2.28. The van der Waals surface area contributed by atoms with E-state index >= 15 is 0 Å². The van der Waals surface area contributed by atoms with Crippen LogP contribution in [0.15, 0.2) is 18.3 Å². The van der Waals surface area contributed by atoms with Gasteiger partial charge >= 0.3 is 0 Å². The van der Waals surface area contributed by atoms with Gasteiger partial charge in [0.2, 0.25) is 0 Å². The van der Waals surface area contributed by atoms with Crippen molar-refractivity contribution in [1.29, 1.82) is 0 Å². The number of hydrogen-bond acceptors (Lipinski definition) is 1. The Hall–Kier alpha value is -0.760. The SMILES string of the molecule is CCCn1cccc1CNC(C)C1CC2CCC1C2. The van der Waals surface area contributed by atoms with Crippen LogP contribution in [0.1, 0.15) is 51.6 Å². The third-order valence-corrected chi connectivity index (χ3v) is 5.43. The molecule has 4 atom stereocenters. The summed E-state index contributed by atoms with van der Waals surface area (Å²) in [5.74, 6) is 3.02. The van der Waals surface area contributed by atoms with Gasteiger partial charge in [0.1, 0.15) is 0 Å². The molecule has 1 aromatic heterocycles. The first-order valence-electron chi connectivity index (χ1n) is 8.15. The predicted octanol–water partition coefficient (Wildman–Crippen LogP) is 3.81. The Morgan fingerprint density at radius 2 is 2.26 bits per heavy atom. The van der Waals surface area contributed by atoms with Crippen LogP contribution in [0.5, 0.6) is 0 Å². The lowest BCUT2D eigenvalue weighted by Crippen LogP contribution is -2.36. The van der Waals surface area contributed by atoms with Crippen molar-refractivity contribution < 1.29 is 0 Å². The van der Waals surface area contributed by atoms with E-state index in [-0.39, 0.29) is 0 Å². The van der Waals surface area contributed by atoms with E-state index in [9.17, 15) is 0 Å². The largest absolute Gasteiger partial charge is 0.350 e. The van der Waals surface area contributed by atoms with Crippen LogP contribution in [0, 0.1) is 17.8 Å². The maximum atomic E-state index is 3.79. The number of rotatable bonds is 6. The van der Waals surface area contributed by atoms with Gasteiger partial charge in [-0.3, -0.25) is 0 Å². The zero-order valence-corrected chi connectivity index (χ0v) is 12.4. The van der Waals surface area contributed by atoms with Gasteiger partial charge in [0.15, 0.2) is 0 Å². The molecule has 0 aromatic carbocycles. The lowest BCUT2D eigenvalue weighted by atomic mass is 9.84. The van der Waals surface area contributed by atoms with Crippen LogP contribution >= 0.6 is 0 Å². The minimum Gasteiger partial charge on any atom is -0.350 e. The fraction of sp³-hybridized carbons (Fsp3) is 0.765. The number of hydrogen-bond donors (Lipinski definition) is 1. The highest BCUT2D eigenvalue weighted by atomic mass is 15.0. The molecule has 2 aliphatic carbocycles. The van der Waals surface area contributed by atoms with Gasteiger partial charge in [-0.1, -0.05) is 13.3 Å². The van der Waals surface area contributed by atoms with Gasteiger partial charge in [-0.25, -0.2) is 0 Å². The Morgan fingerprint density at radius 1 is 1.37 bits per heavy atom. The van der Waals surface area contributed by atoms with E-state index in [4.69, 9.17) is 0 Å². The quantitative estimate of drug-likeness (QED) is 0.823. The van der Waals surface area contributed by atoms with E-state index in [0.29, 0.717) is 6.04 Å². The highest BCUT2D eigenvalue weighted by molar-refractivity contribution is 5.07. The number of fused-ring (bicyclic) bond motifs is 2. The molecule has 0 saturated heterocycles. The summed E-state index contributed by atoms with van der Waals surface area (Å²) < 4.78 is 2.39. The molecule has 1 aromatic rings. The van der Waals surface area contributed by atoms with E-state index < -0.39 is 0 Å². The Kier molecular flexibility index (Phi) is 3.97. The second kappa shape index (κ2) is 5.70. The first-order valence-corrected chi connectivity index (χ1v) is 8.15. The summed E-state index contributed by atoms with van der Waals surface area (Å²) in [5, 5.41) is 3.79. The maximum absolute atomic E-state index is 3.79. The summed E-state index contributed by atoms with van der Waals surface area (Å²) >= 11 is 0. The summed E-state index contributed by atoms with van der Waals surface area (Å²) in [5.41, 5.74) is 1.44. The molecule has 0 radical (unpaired) electrons. The summed E-state index contributed by atoms with van der Waals surface area (Å²) in [6.45, 7) is 6.82. The van der Waals surface area contributed by atoms with Crippen molar-refractivity contribution in [3.05, 3.63) is 24.0 Å². The Bertz CT molecular complexity index is 409. The summed E-state index contributed by atoms with van der Waals surface area (Å²) in [6.07, 6.45) is 9.42. The van der Waals surface area contributed by atoms with Crippen molar-refractivity contribution in [2.45, 2.75) is 65.1 Å². The van der Waals surface area contributed by atoms with Crippen molar-refractivity contribution in [2.24, 2.45) is 17.8 Å². The topological polar surface area (TPSA) is 17.0 Å². The molecule has 2 bridgehead atoms. The molecule has 2 saturated carbocycles. The van der Waals surface area contributed by atoms with Crippen molar-refractivity contribution in [1.82, 2.24) is 9.88 Å². The van der Waals surface area contributed by atoms with Crippen molar-refractivity contribution in [3.8, 4) is 0 Å². The minimum absolute atomic E-state index is 0.681. The molecule has 2 heteroatoms. The van der Waals surface area contributed by atoms with Crippen LogP contribution in [0.3, 0.4) is 0 Å². The predicted molar refractivity (Wildman–Crippen MR) is 80.0 cm³/mol. The molecule has 1 heterocycles. The van der Waals surface area contributed by atoms with Crippen molar-refractivity contribution in [3.63, 3.8) is 0 Å². The molecule has 1 N–H and O–H groups in total. The van der Waals surface area contributed by atoms with Gasteiger partial charge in [-0.2, -0.15) is 0 Å². The van der Waals surface area contributed by atoms with Gasteiger partial charge in [0.05, 0.1) is 0 Å². The Labute approximate surface area is 117 Å². The summed E-state index contributed by atoms with van der Waals surface area (Å²) in [6, 6.07) is 5.12. The van der Waals surface area contributed by atoms with Crippen molar-refractivity contribution >= 4 is 0 Å². The van der Waals surface area contributed by atoms with E-state index in [1.807, 2.05) is 0 Å². The van der Waals surface area contributed by atoms with Crippen LogP contribution in [0.4, 0.5) is 0 Å². The number of nitrogens with zero attached hydrogens (tertiary/aromatic N) is 1. The summed E-state index contributed by atoms with van der Waals surface area (Å²) in [7, 11) is 0. The normalized spacial score (nSPS) is 30.9. The average Bonchev–Trinajstić information content (AvgIpc) is 3.12. The third-order valence-electron chi connectivity index (χ3n) is 5.43. The van der Waals surface area contributed by atoms with Crippen LogP contribution in [0.25, 0.3) is 0 Å². The zero-order valence-electron chi connectivity index (χ0n) is 12.4. The van der Waals surface area contributed by atoms with E-state index in [1.165, 1.54) is 37.8 Å². The van der Waals surface area contributed by atoms with Gasteiger partial charge in [0, 0.05) is 31.0 Å². The molecule has 106 valence electrons. The van der Waals surface area contributed by atoms with Crippen LogP contribution < -0.4 is 5.32 Å². The van der Waals surface area contributed by atoms with Crippen LogP contribution in [-0.2, 0) is 13.1 Å². The van der Waals surface area contributed by atoms with Gasteiger partial charge in [-0.05, 0) is 62.5 Å². The van der Waals surface area contributed by atoms with Gasteiger partial charge in [-0.15, -0.1) is 0 Å². The van der Waals surface area contributed by atoms with Crippen LogP contribution in [0.2, 0.25) is 0 Å². The maximum Gasteiger partial charge on any atom is 0.0361 e. The van der Waals surface area contributed by atoms with Crippen LogP contribution in [-0.4, -0.2) is 10.6 Å². The smallest absolute Gasteiger partial charge is 0.0361 e. The van der Waals surface area contributed by atoms with Gasteiger partial charge < -0.3 is 9.88 Å². The third kappa shape index (κ3) is 2.74.